The van der Waals surface area contributed by atoms with E-state index in [0.717, 1.165) is 19.3 Å². The van der Waals surface area contributed by atoms with Gasteiger partial charge in [-0.15, -0.1) is 0 Å². The number of nitrogens with zero attached hydrogens (tertiary/aromatic N) is 1. The van der Waals surface area contributed by atoms with Gasteiger partial charge in [0.25, 0.3) is 0 Å². The van der Waals surface area contributed by atoms with Gasteiger partial charge < -0.3 is 5.32 Å². The largest absolute Gasteiger partial charge is 0.343 e. The molecule has 0 fully saturated rings. The monoisotopic (exact) mass is 154 g/mol. The smallest absolute Gasteiger partial charge is 0.220 e. The molecule has 3 nitrogen and oxygen atoms in total. The number of nitrogens with one attached hydrogen (secondary N) is 1. The standard InChI is InChI=1S/C8H14N2O/c1-2-3-4-5-8(11)10-7-6-9/h2-5,7H2,1H3,(H,10,11). The van der Waals surface area contributed by atoms with Crippen LogP contribution in [0.2, 0.25) is 0 Å². The van der Waals surface area contributed by atoms with Crippen LogP contribution in [0.15, 0.2) is 0 Å². The number of rotatable bonds is 5. The zero-order valence-corrected chi connectivity index (χ0v) is 6.89. The van der Waals surface area contributed by atoms with Crippen molar-refractivity contribution >= 4 is 5.91 Å². The van der Waals surface area contributed by atoms with Crippen molar-refractivity contribution in [3.63, 3.8) is 0 Å². The van der Waals surface area contributed by atoms with E-state index in [4.69, 9.17) is 5.26 Å². The molecule has 0 spiro atoms. The number of hydrogen-bond acceptors (Lipinski definition) is 2. The van der Waals surface area contributed by atoms with Crippen LogP contribution in [0.1, 0.15) is 32.6 Å². The maximum atomic E-state index is 10.8. The quantitative estimate of drug-likeness (QED) is 0.478. The fourth-order valence-corrected chi connectivity index (χ4v) is 0.762. The summed E-state index contributed by atoms with van der Waals surface area (Å²) in [5.41, 5.74) is 0. The first kappa shape index (κ1) is 9.96. The van der Waals surface area contributed by atoms with E-state index in [1.54, 1.807) is 0 Å². The van der Waals surface area contributed by atoms with Crippen LogP contribution >= 0.6 is 0 Å². The minimum Gasteiger partial charge on any atom is -0.343 e. The van der Waals surface area contributed by atoms with Gasteiger partial charge in [0, 0.05) is 6.42 Å². The summed E-state index contributed by atoms with van der Waals surface area (Å²) in [5, 5.41) is 10.6. The Morgan fingerprint density at radius 2 is 2.27 bits per heavy atom. The lowest BCUT2D eigenvalue weighted by atomic mass is 10.2. The van der Waals surface area contributed by atoms with Gasteiger partial charge in [0.15, 0.2) is 0 Å². The lowest BCUT2D eigenvalue weighted by Gasteiger charge is -1.98. The van der Waals surface area contributed by atoms with Crippen LogP contribution in [0.3, 0.4) is 0 Å². The maximum Gasteiger partial charge on any atom is 0.220 e. The van der Waals surface area contributed by atoms with Gasteiger partial charge in [0.1, 0.15) is 6.54 Å². The van der Waals surface area contributed by atoms with E-state index in [9.17, 15) is 4.79 Å². The van der Waals surface area contributed by atoms with Crippen LogP contribution in [-0.4, -0.2) is 12.5 Å². The summed E-state index contributed by atoms with van der Waals surface area (Å²) >= 11 is 0. The molecule has 62 valence electrons. The molecule has 0 rings (SSSR count). The molecule has 3 heteroatoms. The Hall–Kier alpha value is -1.04. The normalized spacial score (nSPS) is 8.73. The maximum absolute atomic E-state index is 10.8. The highest BCUT2D eigenvalue weighted by molar-refractivity contribution is 5.75. The Morgan fingerprint density at radius 1 is 1.55 bits per heavy atom. The molecule has 0 radical (unpaired) electrons. The molecule has 0 unspecified atom stereocenters. The number of unbranched alkanes of at least 4 members (excludes halogenated alkanes) is 2. The highest BCUT2D eigenvalue weighted by Gasteiger charge is 1.97. The molecule has 0 saturated heterocycles. The Bertz CT molecular complexity index is 149. The summed E-state index contributed by atoms with van der Waals surface area (Å²) in [5.74, 6) is -0.0139. The van der Waals surface area contributed by atoms with Gasteiger partial charge in [-0.3, -0.25) is 4.79 Å². The van der Waals surface area contributed by atoms with Gasteiger partial charge >= 0.3 is 0 Å². The molecule has 0 heterocycles. The Morgan fingerprint density at radius 3 is 2.82 bits per heavy atom. The van der Waals surface area contributed by atoms with Crippen LogP contribution in [0.25, 0.3) is 0 Å². The average Bonchev–Trinajstić information content (AvgIpc) is 2.01. The predicted octanol–water partition coefficient (Wildman–Crippen LogP) is 1.21. The van der Waals surface area contributed by atoms with Gasteiger partial charge in [-0.1, -0.05) is 19.8 Å². The van der Waals surface area contributed by atoms with E-state index in [1.807, 2.05) is 6.07 Å². The summed E-state index contributed by atoms with van der Waals surface area (Å²) in [6, 6.07) is 1.86. The van der Waals surface area contributed by atoms with Crippen LogP contribution in [0, 0.1) is 11.3 Å². The summed E-state index contributed by atoms with van der Waals surface area (Å²) in [6.45, 7) is 2.22. The van der Waals surface area contributed by atoms with Crippen molar-refractivity contribution in [2.24, 2.45) is 0 Å². The van der Waals surface area contributed by atoms with Crippen molar-refractivity contribution in [3.05, 3.63) is 0 Å². The molecule has 11 heavy (non-hydrogen) atoms. The first-order valence-electron chi connectivity index (χ1n) is 3.95. The second-order valence-corrected chi connectivity index (χ2v) is 2.39. The Balaban J connectivity index is 3.17. The van der Waals surface area contributed by atoms with E-state index in [-0.39, 0.29) is 12.5 Å². The SMILES string of the molecule is CCCCCC(=O)NCC#N. The Labute approximate surface area is 67.4 Å². The molecule has 0 atom stereocenters. The van der Waals surface area contributed by atoms with Gasteiger partial charge in [-0.05, 0) is 6.42 Å². The lowest BCUT2D eigenvalue weighted by Crippen LogP contribution is -2.22. The molecular weight excluding hydrogens is 140 g/mol. The molecule has 0 aromatic heterocycles. The fraction of sp³-hybridized carbons (Fsp3) is 0.750. The third kappa shape index (κ3) is 6.85. The van der Waals surface area contributed by atoms with Crippen LogP contribution in [-0.2, 0) is 4.79 Å². The van der Waals surface area contributed by atoms with Crippen LogP contribution in [0.4, 0.5) is 0 Å². The summed E-state index contributed by atoms with van der Waals surface area (Å²) in [4.78, 5) is 10.8. The molecule has 0 bridgehead atoms. The third-order valence-electron chi connectivity index (χ3n) is 1.37. The summed E-state index contributed by atoms with van der Waals surface area (Å²) in [7, 11) is 0. The van der Waals surface area contributed by atoms with Crippen molar-refractivity contribution in [3.8, 4) is 6.07 Å². The third-order valence-corrected chi connectivity index (χ3v) is 1.37. The van der Waals surface area contributed by atoms with E-state index in [1.165, 1.54) is 0 Å². The fourth-order valence-electron chi connectivity index (χ4n) is 0.762. The van der Waals surface area contributed by atoms with E-state index >= 15 is 0 Å². The second-order valence-electron chi connectivity index (χ2n) is 2.39. The highest BCUT2D eigenvalue weighted by Crippen LogP contribution is 1.97. The van der Waals surface area contributed by atoms with Crippen molar-refractivity contribution < 1.29 is 4.79 Å². The molecule has 0 aromatic carbocycles. The number of hydrogen-bond donors (Lipinski definition) is 1. The predicted molar refractivity (Wildman–Crippen MR) is 42.8 cm³/mol. The first-order valence-corrected chi connectivity index (χ1v) is 3.95. The van der Waals surface area contributed by atoms with Crippen molar-refractivity contribution in [2.75, 3.05) is 6.54 Å². The van der Waals surface area contributed by atoms with Crippen molar-refractivity contribution in [1.82, 2.24) is 5.32 Å². The van der Waals surface area contributed by atoms with Gasteiger partial charge in [0.05, 0.1) is 6.07 Å². The highest BCUT2D eigenvalue weighted by atomic mass is 16.1. The second kappa shape index (κ2) is 7.07. The molecule has 1 amide bonds. The minimum absolute atomic E-state index is 0.0139. The van der Waals surface area contributed by atoms with E-state index in [0.29, 0.717) is 6.42 Å². The van der Waals surface area contributed by atoms with Gasteiger partial charge in [-0.25, -0.2) is 0 Å². The number of amides is 1. The summed E-state index contributed by atoms with van der Waals surface area (Å²) < 4.78 is 0. The molecule has 0 aliphatic rings. The van der Waals surface area contributed by atoms with Gasteiger partial charge in [0.2, 0.25) is 5.91 Å². The van der Waals surface area contributed by atoms with Crippen LogP contribution in [0.5, 0.6) is 0 Å². The molecule has 0 aromatic rings. The van der Waals surface area contributed by atoms with E-state index < -0.39 is 0 Å². The minimum atomic E-state index is -0.0139. The number of nitriles is 1. The first-order chi connectivity index (χ1) is 5.31. The molecule has 0 aliphatic carbocycles. The molecule has 1 N–H and O–H groups in total. The Kier molecular flexibility index (Phi) is 6.40. The van der Waals surface area contributed by atoms with Crippen LogP contribution < -0.4 is 5.32 Å². The summed E-state index contributed by atoms with van der Waals surface area (Å²) in [6.07, 6.45) is 3.68. The lowest BCUT2D eigenvalue weighted by molar-refractivity contribution is -0.120. The molecular formula is C8H14N2O. The molecule has 0 aliphatic heterocycles. The zero-order valence-electron chi connectivity index (χ0n) is 6.89. The van der Waals surface area contributed by atoms with E-state index in [2.05, 4.69) is 12.2 Å². The number of carbonyl (C=O) groups excluding carboxylic acids is 1. The molecule has 0 saturated carbocycles. The van der Waals surface area contributed by atoms with Gasteiger partial charge in [-0.2, -0.15) is 5.26 Å². The topological polar surface area (TPSA) is 52.9 Å². The average molecular weight is 154 g/mol. The number of carbonyl (C=O) groups is 1. The van der Waals surface area contributed by atoms with Crippen molar-refractivity contribution in [1.29, 1.82) is 5.26 Å². The zero-order chi connectivity index (χ0) is 8.53. The van der Waals surface area contributed by atoms with Crippen molar-refractivity contribution in [2.45, 2.75) is 32.6 Å².